The monoisotopic (exact) mass is 288 g/mol. The molecule has 1 aliphatic carbocycles. The van der Waals surface area contributed by atoms with Gasteiger partial charge < -0.3 is 0 Å². The molecule has 0 heterocycles. The molecule has 1 rings (SSSR count). The minimum atomic E-state index is 0.262. The van der Waals surface area contributed by atoms with Gasteiger partial charge in [0, 0.05) is 0 Å². The minimum absolute atomic E-state index is 0.262. The van der Waals surface area contributed by atoms with Crippen LogP contribution in [0, 0.1) is 0 Å². The van der Waals surface area contributed by atoms with Crippen molar-refractivity contribution in [3.8, 4) is 0 Å². The van der Waals surface area contributed by atoms with Crippen LogP contribution >= 0.6 is 7.92 Å². The van der Waals surface area contributed by atoms with Gasteiger partial charge in [-0.2, -0.15) is 0 Å². The zero-order chi connectivity index (χ0) is 12.7. The molecule has 1 aliphatic rings. The van der Waals surface area contributed by atoms with E-state index in [0.717, 1.165) is 27.9 Å². The van der Waals surface area contributed by atoms with Gasteiger partial charge in [0.2, 0.25) is 0 Å². The summed E-state index contributed by atoms with van der Waals surface area (Å²) in [4.78, 5) is 0. The summed E-state index contributed by atoms with van der Waals surface area (Å²) in [5, 5.41) is 0. The first kappa shape index (κ1) is 16.4. The normalized spacial score (nSPS) is 14.9. The van der Waals surface area contributed by atoms with Crippen LogP contribution in [0.25, 0.3) is 0 Å². The van der Waals surface area contributed by atoms with Crippen LogP contribution in [-0.4, -0.2) is 17.0 Å². The van der Waals surface area contributed by atoms with Crippen molar-refractivity contribution in [2.75, 3.05) is 0 Å². The summed E-state index contributed by atoms with van der Waals surface area (Å²) >= 11 is 4.93. The first-order valence-corrected chi connectivity index (χ1v) is 8.13. The standard InChI is InChI=1S/C9H21P.C5H5.Cu/c1-7(2)10(8(3)4)9(5)6;1-2-4-5-3-1;/h7-9H,1-6H3;1-3H,4H2;. The van der Waals surface area contributed by atoms with Crippen LogP contribution in [0.5, 0.6) is 0 Å². The van der Waals surface area contributed by atoms with E-state index in [0.29, 0.717) is 0 Å². The Bertz CT molecular complexity index is 220. The van der Waals surface area contributed by atoms with Crippen LogP contribution in [0.3, 0.4) is 0 Å². The molecule has 2 heteroatoms. The Balaban J connectivity index is 0.000000315. The molecule has 16 heavy (non-hydrogen) atoms. The number of rotatable bonds is 3. The molecule has 0 aliphatic heterocycles. The number of hydrogen-bond donors (Lipinski definition) is 0. The van der Waals surface area contributed by atoms with Crippen LogP contribution < -0.4 is 0 Å². The van der Waals surface area contributed by atoms with Gasteiger partial charge >= 0.3 is 45.1 Å². The van der Waals surface area contributed by atoms with E-state index >= 15 is 0 Å². The van der Waals surface area contributed by atoms with E-state index in [9.17, 15) is 0 Å². The van der Waals surface area contributed by atoms with Gasteiger partial charge in [-0.3, -0.25) is 0 Å². The van der Waals surface area contributed by atoms with Gasteiger partial charge in [0.1, 0.15) is 0 Å². The van der Waals surface area contributed by atoms with E-state index in [1.807, 2.05) is 12.2 Å². The number of allylic oxidation sites excluding steroid dienone is 4. The van der Waals surface area contributed by atoms with E-state index < -0.39 is 0 Å². The fourth-order valence-corrected chi connectivity index (χ4v) is 5.97. The molecule has 0 spiro atoms. The SMILES string of the molecule is CC(C)P(C(C)C)C(C)C.[Cu][C]1=CC=CC1. The average molecular weight is 289 g/mol. The topological polar surface area (TPSA) is 0 Å². The van der Waals surface area contributed by atoms with Crippen molar-refractivity contribution in [1.82, 2.24) is 0 Å². The van der Waals surface area contributed by atoms with Crippen molar-refractivity contribution >= 4 is 7.92 Å². The molecule has 0 aromatic rings. The third kappa shape index (κ3) is 6.89. The van der Waals surface area contributed by atoms with Gasteiger partial charge in [-0.1, -0.05) is 49.5 Å². The van der Waals surface area contributed by atoms with E-state index in [2.05, 4.69) is 47.6 Å². The molecule has 0 saturated heterocycles. The number of hydrogen-bond acceptors (Lipinski definition) is 0. The molecule has 0 aromatic carbocycles. The van der Waals surface area contributed by atoms with E-state index in [4.69, 9.17) is 16.0 Å². The van der Waals surface area contributed by atoms with E-state index in [-0.39, 0.29) is 7.92 Å². The molecule has 0 fully saturated rings. The summed E-state index contributed by atoms with van der Waals surface area (Å²) in [5.41, 5.74) is 2.69. The Kier molecular flexibility index (Phi) is 8.74. The molecule has 0 unspecified atom stereocenters. The Labute approximate surface area is 112 Å². The first-order valence-electron chi connectivity index (χ1n) is 6.11. The van der Waals surface area contributed by atoms with Crippen molar-refractivity contribution in [2.45, 2.75) is 64.9 Å². The Hall–Kier alpha value is 0.429. The molecule has 0 N–H and O–H groups in total. The van der Waals surface area contributed by atoms with Crippen LogP contribution in [0.15, 0.2) is 22.7 Å². The summed E-state index contributed by atoms with van der Waals surface area (Å²) in [5.74, 6) is 0. The predicted molar refractivity (Wildman–Crippen MR) is 74.2 cm³/mol. The van der Waals surface area contributed by atoms with E-state index in [1.165, 1.54) is 0 Å². The first-order chi connectivity index (χ1) is 7.36. The summed E-state index contributed by atoms with van der Waals surface area (Å²) in [7, 11) is 0.262. The van der Waals surface area contributed by atoms with Gasteiger partial charge in [0.15, 0.2) is 0 Å². The second kappa shape index (κ2) is 8.51. The van der Waals surface area contributed by atoms with Gasteiger partial charge in [0.05, 0.1) is 0 Å². The molecule has 0 atom stereocenters. The van der Waals surface area contributed by atoms with Crippen molar-refractivity contribution in [3.05, 3.63) is 22.7 Å². The Morgan fingerprint density at radius 1 is 1.00 bits per heavy atom. The zero-order valence-corrected chi connectivity index (χ0v) is 13.3. The molecular weight excluding hydrogens is 263 g/mol. The van der Waals surface area contributed by atoms with Crippen molar-refractivity contribution in [2.24, 2.45) is 0 Å². The average Bonchev–Trinajstić information content (AvgIpc) is 2.54. The molecular formula is C14H26CuP. The summed E-state index contributed by atoms with van der Waals surface area (Å²) in [6.45, 7) is 14.1. The molecule has 0 aromatic heterocycles. The molecule has 0 bridgehead atoms. The fraction of sp³-hybridized carbons (Fsp3) is 0.714. The maximum atomic E-state index is 4.93. The molecule has 0 amide bonds. The third-order valence-electron chi connectivity index (χ3n) is 2.49. The Morgan fingerprint density at radius 2 is 1.44 bits per heavy atom. The van der Waals surface area contributed by atoms with Crippen LogP contribution in [0.1, 0.15) is 48.0 Å². The second-order valence-electron chi connectivity index (χ2n) is 4.93. The fourth-order valence-electron chi connectivity index (χ4n) is 2.19. The molecule has 0 radical (unpaired) electrons. The predicted octanol–water partition coefficient (Wildman–Crippen LogP) is 5.07. The van der Waals surface area contributed by atoms with Crippen LogP contribution in [-0.2, 0) is 16.0 Å². The second-order valence-corrected chi connectivity index (χ2v) is 9.52. The summed E-state index contributed by atoms with van der Waals surface area (Å²) in [6.07, 6.45) is 6.95. The van der Waals surface area contributed by atoms with Crippen molar-refractivity contribution in [3.63, 3.8) is 0 Å². The van der Waals surface area contributed by atoms with Gasteiger partial charge in [-0.25, -0.2) is 0 Å². The maximum absolute atomic E-state index is 4.93. The van der Waals surface area contributed by atoms with Crippen LogP contribution in [0.2, 0.25) is 0 Å². The molecule has 0 nitrogen and oxygen atoms in total. The summed E-state index contributed by atoms with van der Waals surface area (Å²) in [6, 6.07) is 0. The third-order valence-corrected chi connectivity index (χ3v) is 6.41. The Morgan fingerprint density at radius 3 is 1.50 bits per heavy atom. The van der Waals surface area contributed by atoms with Crippen LogP contribution in [0.4, 0.5) is 0 Å². The molecule has 98 valence electrons. The van der Waals surface area contributed by atoms with Gasteiger partial charge in [0.25, 0.3) is 0 Å². The van der Waals surface area contributed by atoms with Gasteiger partial charge in [-0.05, 0) is 17.0 Å². The summed E-state index contributed by atoms with van der Waals surface area (Å²) < 4.78 is 1.03. The van der Waals surface area contributed by atoms with Gasteiger partial charge in [-0.15, -0.1) is 0 Å². The zero-order valence-electron chi connectivity index (χ0n) is 11.4. The van der Waals surface area contributed by atoms with Crippen molar-refractivity contribution < 1.29 is 16.0 Å². The molecule has 0 saturated carbocycles. The quantitative estimate of drug-likeness (QED) is 0.502. The van der Waals surface area contributed by atoms with Crippen molar-refractivity contribution in [1.29, 1.82) is 0 Å². The van der Waals surface area contributed by atoms with E-state index in [1.54, 1.807) is 0 Å².